The van der Waals surface area contributed by atoms with Crippen molar-refractivity contribution >= 4 is 5.91 Å². The molecular formula is C15H14F2N2O2. The standard InChI is InChI=1S/C15H14F2N2O2/c1-10(19-14(20)12-5-3-7-18-9-12)11-4-2-6-13(8-11)21-15(16)17/h2-10,15H,1H3,(H,19,20)/t10-/m0/s1. The molecule has 1 aromatic carbocycles. The average molecular weight is 292 g/mol. The lowest BCUT2D eigenvalue weighted by atomic mass is 10.1. The van der Waals surface area contributed by atoms with Gasteiger partial charge in [-0.2, -0.15) is 8.78 Å². The molecule has 110 valence electrons. The topological polar surface area (TPSA) is 51.2 Å². The summed E-state index contributed by atoms with van der Waals surface area (Å²) in [6, 6.07) is 9.19. The van der Waals surface area contributed by atoms with E-state index in [-0.39, 0.29) is 17.7 Å². The number of rotatable bonds is 5. The van der Waals surface area contributed by atoms with Crippen LogP contribution in [0.2, 0.25) is 0 Å². The molecule has 0 fully saturated rings. The maximum Gasteiger partial charge on any atom is 0.387 e. The maximum absolute atomic E-state index is 12.2. The smallest absolute Gasteiger partial charge is 0.387 e. The molecule has 6 heteroatoms. The molecule has 1 heterocycles. The van der Waals surface area contributed by atoms with Crippen LogP contribution in [-0.2, 0) is 0 Å². The molecule has 2 rings (SSSR count). The van der Waals surface area contributed by atoms with Gasteiger partial charge in [0.1, 0.15) is 5.75 Å². The first-order chi connectivity index (χ1) is 10.1. The normalized spacial score (nSPS) is 12.0. The van der Waals surface area contributed by atoms with E-state index in [2.05, 4.69) is 15.0 Å². The first-order valence-electron chi connectivity index (χ1n) is 6.32. The summed E-state index contributed by atoms with van der Waals surface area (Å²) in [5.74, 6) is -0.222. The number of hydrogen-bond acceptors (Lipinski definition) is 3. The highest BCUT2D eigenvalue weighted by Crippen LogP contribution is 2.20. The van der Waals surface area contributed by atoms with Gasteiger partial charge in [-0.25, -0.2) is 0 Å². The van der Waals surface area contributed by atoms with Crippen molar-refractivity contribution in [1.29, 1.82) is 0 Å². The molecule has 21 heavy (non-hydrogen) atoms. The first kappa shape index (κ1) is 14.9. The number of aromatic nitrogens is 1. The average Bonchev–Trinajstić information content (AvgIpc) is 2.47. The van der Waals surface area contributed by atoms with Gasteiger partial charge in [-0.3, -0.25) is 9.78 Å². The number of hydrogen-bond donors (Lipinski definition) is 1. The SMILES string of the molecule is C[C@H](NC(=O)c1cccnc1)c1cccc(OC(F)F)c1. The van der Waals surface area contributed by atoms with Crippen molar-refractivity contribution < 1.29 is 18.3 Å². The highest BCUT2D eigenvalue weighted by molar-refractivity contribution is 5.94. The zero-order valence-corrected chi connectivity index (χ0v) is 11.3. The molecule has 0 aliphatic heterocycles. The van der Waals surface area contributed by atoms with Crippen molar-refractivity contribution in [3.63, 3.8) is 0 Å². The van der Waals surface area contributed by atoms with Crippen LogP contribution in [0.1, 0.15) is 28.9 Å². The fourth-order valence-corrected chi connectivity index (χ4v) is 1.82. The molecule has 0 unspecified atom stereocenters. The Bertz CT molecular complexity index is 606. The van der Waals surface area contributed by atoms with Crippen molar-refractivity contribution in [2.45, 2.75) is 19.6 Å². The van der Waals surface area contributed by atoms with Crippen molar-refractivity contribution in [3.8, 4) is 5.75 Å². The molecule has 1 N–H and O–H groups in total. The van der Waals surface area contributed by atoms with Gasteiger partial charge in [-0.15, -0.1) is 0 Å². The van der Waals surface area contributed by atoms with Crippen LogP contribution < -0.4 is 10.1 Å². The fourth-order valence-electron chi connectivity index (χ4n) is 1.82. The molecule has 0 aliphatic rings. The number of carbonyl (C=O) groups excluding carboxylic acids is 1. The molecule has 0 spiro atoms. The minimum absolute atomic E-state index is 0.0602. The number of nitrogens with zero attached hydrogens (tertiary/aromatic N) is 1. The van der Waals surface area contributed by atoms with Crippen molar-refractivity contribution in [2.75, 3.05) is 0 Å². The summed E-state index contributed by atoms with van der Waals surface area (Å²) in [7, 11) is 0. The second kappa shape index (κ2) is 6.78. The van der Waals surface area contributed by atoms with Gasteiger partial charge >= 0.3 is 6.61 Å². The highest BCUT2D eigenvalue weighted by atomic mass is 19.3. The molecule has 1 amide bonds. The maximum atomic E-state index is 12.2. The molecular weight excluding hydrogens is 278 g/mol. The molecule has 1 atom stereocenters. The van der Waals surface area contributed by atoms with Crippen LogP contribution in [0.15, 0.2) is 48.8 Å². The van der Waals surface area contributed by atoms with E-state index in [1.807, 2.05) is 0 Å². The number of pyridine rings is 1. The Balaban J connectivity index is 2.06. The van der Waals surface area contributed by atoms with E-state index < -0.39 is 6.61 Å². The van der Waals surface area contributed by atoms with E-state index in [0.29, 0.717) is 11.1 Å². The third kappa shape index (κ3) is 4.24. The van der Waals surface area contributed by atoms with Gasteiger partial charge in [0.15, 0.2) is 0 Å². The summed E-state index contributed by atoms with van der Waals surface area (Å²) in [5.41, 5.74) is 1.11. The summed E-state index contributed by atoms with van der Waals surface area (Å²) in [6.07, 6.45) is 3.03. The molecule has 0 aliphatic carbocycles. The second-order valence-corrected chi connectivity index (χ2v) is 4.39. The molecule has 0 bridgehead atoms. The minimum atomic E-state index is -2.87. The van der Waals surface area contributed by atoms with Gasteiger partial charge in [-0.1, -0.05) is 12.1 Å². The Morgan fingerprint density at radius 3 is 2.76 bits per heavy atom. The van der Waals surface area contributed by atoms with Crippen molar-refractivity contribution in [3.05, 3.63) is 59.9 Å². The molecule has 0 saturated carbocycles. The number of alkyl halides is 2. The van der Waals surface area contributed by atoms with E-state index in [1.165, 1.54) is 18.3 Å². The third-order valence-electron chi connectivity index (χ3n) is 2.85. The minimum Gasteiger partial charge on any atom is -0.435 e. The summed E-state index contributed by atoms with van der Waals surface area (Å²) in [4.78, 5) is 15.9. The number of benzene rings is 1. The predicted octanol–water partition coefficient (Wildman–Crippen LogP) is 3.17. The molecule has 0 saturated heterocycles. The number of halogens is 2. The van der Waals surface area contributed by atoms with Gasteiger partial charge in [-0.05, 0) is 36.8 Å². The zero-order chi connectivity index (χ0) is 15.2. The van der Waals surface area contributed by atoms with Crippen LogP contribution in [0.5, 0.6) is 5.75 Å². The quantitative estimate of drug-likeness (QED) is 0.921. The second-order valence-electron chi connectivity index (χ2n) is 4.39. The van der Waals surface area contributed by atoms with Crippen molar-refractivity contribution in [2.24, 2.45) is 0 Å². The molecule has 1 aromatic heterocycles. The van der Waals surface area contributed by atoms with Gasteiger partial charge < -0.3 is 10.1 Å². The summed E-state index contributed by atoms with van der Waals surface area (Å²) < 4.78 is 28.7. The summed E-state index contributed by atoms with van der Waals surface area (Å²) in [5, 5.41) is 2.77. The molecule has 2 aromatic rings. The van der Waals surface area contributed by atoms with Crippen LogP contribution in [0.25, 0.3) is 0 Å². The summed E-state index contributed by atoms with van der Waals surface area (Å²) >= 11 is 0. The van der Waals surface area contributed by atoms with E-state index >= 15 is 0 Å². The van der Waals surface area contributed by atoms with Crippen LogP contribution in [-0.4, -0.2) is 17.5 Å². The zero-order valence-electron chi connectivity index (χ0n) is 11.3. The Morgan fingerprint density at radius 2 is 2.10 bits per heavy atom. The van der Waals surface area contributed by atoms with E-state index in [4.69, 9.17) is 0 Å². The number of ether oxygens (including phenoxy) is 1. The highest BCUT2D eigenvalue weighted by Gasteiger charge is 2.13. The Kier molecular flexibility index (Phi) is 4.81. The molecule has 4 nitrogen and oxygen atoms in total. The van der Waals surface area contributed by atoms with Gasteiger partial charge in [0.2, 0.25) is 0 Å². The van der Waals surface area contributed by atoms with Crippen LogP contribution in [0, 0.1) is 0 Å². The number of carbonyl (C=O) groups is 1. The lowest BCUT2D eigenvalue weighted by molar-refractivity contribution is -0.0499. The number of nitrogens with one attached hydrogen (secondary N) is 1. The summed E-state index contributed by atoms with van der Waals surface area (Å²) in [6.45, 7) is -1.11. The fraction of sp³-hybridized carbons (Fsp3) is 0.200. The van der Waals surface area contributed by atoms with Gasteiger partial charge in [0, 0.05) is 12.4 Å². The largest absolute Gasteiger partial charge is 0.435 e. The lowest BCUT2D eigenvalue weighted by Gasteiger charge is -2.15. The lowest BCUT2D eigenvalue weighted by Crippen LogP contribution is -2.26. The predicted molar refractivity (Wildman–Crippen MR) is 73.2 cm³/mol. The number of amides is 1. The van der Waals surface area contributed by atoms with Crippen LogP contribution in [0.4, 0.5) is 8.78 Å². The Hall–Kier alpha value is -2.50. The van der Waals surface area contributed by atoms with Crippen LogP contribution >= 0.6 is 0 Å². The monoisotopic (exact) mass is 292 g/mol. The van der Waals surface area contributed by atoms with Crippen molar-refractivity contribution in [1.82, 2.24) is 10.3 Å². The Morgan fingerprint density at radius 1 is 1.29 bits per heavy atom. The van der Waals surface area contributed by atoms with Gasteiger partial charge in [0.05, 0.1) is 11.6 Å². The molecule has 0 radical (unpaired) electrons. The van der Waals surface area contributed by atoms with E-state index in [0.717, 1.165) is 0 Å². The van der Waals surface area contributed by atoms with Gasteiger partial charge in [0.25, 0.3) is 5.91 Å². The third-order valence-corrected chi connectivity index (χ3v) is 2.85. The van der Waals surface area contributed by atoms with Crippen LogP contribution in [0.3, 0.4) is 0 Å². The Labute approximate surface area is 120 Å². The van der Waals surface area contributed by atoms with E-state index in [9.17, 15) is 13.6 Å². The van der Waals surface area contributed by atoms with E-state index in [1.54, 1.807) is 37.4 Å². The first-order valence-corrected chi connectivity index (χ1v) is 6.32.